The van der Waals surface area contributed by atoms with Crippen molar-refractivity contribution in [2.24, 2.45) is 9.98 Å². The minimum Gasteiger partial charge on any atom is -0.302 e. The molecule has 0 saturated heterocycles. The molecule has 0 unspecified atom stereocenters. The topological polar surface area (TPSA) is 31.2 Å². The van der Waals surface area contributed by atoms with Gasteiger partial charge in [0.2, 0.25) is 0 Å². The van der Waals surface area contributed by atoms with Gasteiger partial charge in [-0.1, -0.05) is 14.0 Å². The molecular formula is C17H38N4. The lowest BCUT2D eigenvalue weighted by Crippen LogP contribution is -2.61. The van der Waals surface area contributed by atoms with Gasteiger partial charge in [0.15, 0.2) is 0 Å². The second-order valence-electron chi connectivity index (χ2n) is 6.32. The van der Waals surface area contributed by atoms with E-state index in [1.165, 1.54) is 0 Å². The third-order valence-electron chi connectivity index (χ3n) is 4.68. The number of hydrogen-bond donors (Lipinski definition) is 0. The zero-order chi connectivity index (χ0) is 16.7. The molecule has 0 aliphatic carbocycles. The molecule has 0 aromatic carbocycles. The molecule has 4 nitrogen and oxygen atoms in total. The van der Waals surface area contributed by atoms with Crippen molar-refractivity contribution >= 4 is 12.4 Å². The van der Waals surface area contributed by atoms with Gasteiger partial charge in [-0.05, 0) is 69.5 Å². The molecule has 21 heavy (non-hydrogen) atoms. The van der Waals surface area contributed by atoms with Crippen LogP contribution in [0.4, 0.5) is 0 Å². The standard InChI is InChI=1S/C10H24N2.C6H10N2.CH4/c1-9(2,11(5)6)10(3,4)12(7)8;1-5(7-3)6(2)8-4;/h1-8H3;1,3H2,2,4H3;1H4. The third kappa shape index (κ3) is 7.00. The molecule has 0 saturated carbocycles. The fourth-order valence-electron chi connectivity index (χ4n) is 1.34. The molecule has 0 aromatic heterocycles. The predicted octanol–water partition coefficient (Wildman–Crippen LogP) is 3.59. The Balaban J connectivity index is -0.000000317. The van der Waals surface area contributed by atoms with E-state index in [9.17, 15) is 0 Å². The van der Waals surface area contributed by atoms with Crippen molar-refractivity contribution < 1.29 is 0 Å². The SMILES string of the molecule is C.C=NC(=C)C(C)=NC.CN(C)C(C)(C)C(C)(C)N(C)C. The van der Waals surface area contributed by atoms with Crippen LogP contribution in [-0.2, 0) is 0 Å². The fourth-order valence-corrected chi connectivity index (χ4v) is 1.34. The minimum absolute atomic E-state index is 0. The van der Waals surface area contributed by atoms with Crippen molar-refractivity contribution in [1.82, 2.24) is 9.80 Å². The number of aliphatic imine (C=N–C) groups is 2. The highest BCUT2D eigenvalue weighted by molar-refractivity contribution is 5.97. The second-order valence-corrected chi connectivity index (χ2v) is 6.32. The summed E-state index contributed by atoms with van der Waals surface area (Å²) in [6, 6.07) is 0. The molecule has 126 valence electrons. The van der Waals surface area contributed by atoms with Crippen LogP contribution < -0.4 is 0 Å². The summed E-state index contributed by atoms with van der Waals surface area (Å²) in [5.74, 6) is 0. The van der Waals surface area contributed by atoms with Crippen LogP contribution in [0.5, 0.6) is 0 Å². The van der Waals surface area contributed by atoms with Gasteiger partial charge in [0.1, 0.15) is 0 Å². The number of rotatable bonds is 5. The first-order valence-corrected chi connectivity index (χ1v) is 6.80. The van der Waals surface area contributed by atoms with Gasteiger partial charge in [-0.2, -0.15) is 0 Å². The van der Waals surface area contributed by atoms with Crippen LogP contribution >= 0.6 is 0 Å². The molecule has 0 aliphatic heterocycles. The molecule has 0 bridgehead atoms. The highest BCUT2D eigenvalue weighted by atomic mass is 15.3. The first-order valence-electron chi connectivity index (χ1n) is 6.80. The van der Waals surface area contributed by atoms with E-state index >= 15 is 0 Å². The van der Waals surface area contributed by atoms with Crippen molar-refractivity contribution in [2.75, 3.05) is 35.2 Å². The van der Waals surface area contributed by atoms with Crippen LogP contribution in [0, 0.1) is 0 Å². The molecule has 0 amide bonds. The Labute approximate surface area is 133 Å². The van der Waals surface area contributed by atoms with Crippen molar-refractivity contribution in [2.45, 2.75) is 53.1 Å². The molecule has 0 aliphatic rings. The number of allylic oxidation sites excluding steroid dienone is 1. The largest absolute Gasteiger partial charge is 0.302 e. The van der Waals surface area contributed by atoms with E-state index in [1.54, 1.807) is 7.05 Å². The van der Waals surface area contributed by atoms with Gasteiger partial charge in [0.25, 0.3) is 0 Å². The Morgan fingerprint density at radius 1 is 0.905 bits per heavy atom. The molecule has 0 atom stereocenters. The van der Waals surface area contributed by atoms with E-state index in [-0.39, 0.29) is 18.5 Å². The summed E-state index contributed by atoms with van der Waals surface area (Å²) < 4.78 is 0. The van der Waals surface area contributed by atoms with Crippen LogP contribution in [0.2, 0.25) is 0 Å². The van der Waals surface area contributed by atoms with Gasteiger partial charge >= 0.3 is 0 Å². The quantitative estimate of drug-likeness (QED) is 0.726. The van der Waals surface area contributed by atoms with E-state index in [0.29, 0.717) is 5.70 Å². The second kappa shape index (κ2) is 9.85. The Morgan fingerprint density at radius 2 is 1.19 bits per heavy atom. The van der Waals surface area contributed by atoms with Gasteiger partial charge in [-0.25, -0.2) is 0 Å². The molecule has 0 N–H and O–H groups in total. The van der Waals surface area contributed by atoms with Crippen molar-refractivity contribution in [3.8, 4) is 0 Å². The summed E-state index contributed by atoms with van der Waals surface area (Å²) in [4.78, 5) is 12.0. The molecule has 0 rings (SSSR count). The number of hydrogen-bond acceptors (Lipinski definition) is 4. The molecule has 0 aromatic rings. The van der Waals surface area contributed by atoms with E-state index in [0.717, 1.165) is 5.71 Å². The number of likely N-dealkylation sites (N-methyl/N-ethyl adjacent to an activating group) is 2. The summed E-state index contributed by atoms with van der Waals surface area (Å²) in [5, 5.41) is 0. The Hall–Kier alpha value is -1.00. The number of nitrogens with zero attached hydrogens (tertiary/aromatic N) is 4. The van der Waals surface area contributed by atoms with Gasteiger partial charge in [0.05, 0.1) is 11.4 Å². The lowest BCUT2D eigenvalue weighted by atomic mass is 9.80. The van der Waals surface area contributed by atoms with Crippen LogP contribution in [0.3, 0.4) is 0 Å². The Bertz CT molecular complexity index is 332. The maximum absolute atomic E-state index is 3.84. The first-order chi connectivity index (χ1) is 8.86. The summed E-state index contributed by atoms with van der Waals surface area (Å²) in [6.07, 6.45) is 0. The van der Waals surface area contributed by atoms with Gasteiger partial charge < -0.3 is 9.80 Å². The molecule has 0 heterocycles. The van der Waals surface area contributed by atoms with E-state index in [4.69, 9.17) is 0 Å². The van der Waals surface area contributed by atoms with Gasteiger partial charge in [-0.3, -0.25) is 9.98 Å². The maximum atomic E-state index is 3.84. The van der Waals surface area contributed by atoms with Gasteiger partial charge in [0, 0.05) is 18.1 Å². The fraction of sp³-hybridized carbons (Fsp3) is 0.765. The highest BCUT2D eigenvalue weighted by Gasteiger charge is 2.40. The molecule has 4 heteroatoms. The monoisotopic (exact) mass is 298 g/mol. The molecular weight excluding hydrogens is 260 g/mol. The van der Waals surface area contributed by atoms with E-state index < -0.39 is 0 Å². The lowest BCUT2D eigenvalue weighted by molar-refractivity contribution is 0.0154. The summed E-state index contributed by atoms with van der Waals surface area (Å²) >= 11 is 0. The normalized spacial score (nSPS) is 12.5. The average Bonchev–Trinajstić information content (AvgIpc) is 2.36. The maximum Gasteiger partial charge on any atom is 0.0757 e. The molecule has 0 fully saturated rings. The molecule has 0 spiro atoms. The predicted molar refractivity (Wildman–Crippen MR) is 100.0 cm³/mol. The van der Waals surface area contributed by atoms with Crippen LogP contribution in [-0.4, -0.2) is 68.5 Å². The van der Waals surface area contributed by atoms with Crippen LogP contribution in [0.15, 0.2) is 22.3 Å². The summed E-state index contributed by atoms with van der Waals surface area (Å²) in [6.45, 7) is 17.8. The Morgan fingerprint density at radius 3 is 1.29 bits per heavy atom. The minimum atomic E-state index is 0. The third-order valence-corrected chi connectivity index (χ3v) is 4.68. The van der Waals surface area contributed by atoms with Crippen molar-refractivity contribution in [1.29, 1.82) is 0 Å². The van der Waals surface area contributed by atoms with Crippen molar-refractivity contribution in [3.05, 3.63) is 12.3 Å². The zero-order valence-electron chi connectivity index (χ0n) is 15.2. The van der Waals surface area contributed by atoms with E-state index in [1.807, 2.05) is 6.92 Å². The van der Waals surface area contributed by atoms with Crippen molar-refractivity contribution in [3.63, 3.8) is 0 Å². The highest BCUT2D eigenvalue weighted by Crippen LogP contribution is 2.29. The first kappa shape index (κ1) is 25.0. The zero-order valence-corrected chi connectivity index (χ0v) is 15.2. The smallest absolute Gasteiger partial charge is 0.0757 e. The van der Waals surface area contributed by atoms with Crippen LogP contribution in [0.1, 0.15) is 42.0 Å². The van der Waals surface area contributed by atoms with Crippen LogP contribution in [0.25, 0.3) is 0 Å². The summed E-state index contributed by atoms with van der Waals surface area (Å²) in [5.41, 5.74) is 1.83. The molecule has 0 radical (unpaired) electrons. The lowest BCUT2D eigenvalue weighted by Gasteiger charge is -2.50. The summed E-state index contributed by atoms with van der Waals surface area (Å²) in [7, 11) is 10.2. The van der Waals surface area contributed by atoms with E-state index in [2.05, 4.69) is 89.0 Å². The Kier molecular flexibility index (Phi) is 11.7. The average molecular weight is 299 g/mol. The van der Waals surface area contributed by atoms with Gasteiger partial charge in [-0.15, -0.1) is 0 Å².